The number of piperidine rings is 1. The van der Waals surface area contributed by atoms with Gasteiger partial charge in [0.25, 0.3) is 0 Å². The second-order valence-corrected chi connectivity index (χ2v) is 34.1. The normalized spacial score (nSPS) is 33.3. The maximum Gasteiger partial charge on any atom is 0.344 e. The van der Waals surface area contributed by atoms with Gasteiger partial charge in [0.05, 0.1) is 87.4 Å². The van der Waals surface area contributed by atoms with Crippen molar-refractivity contribution in [1.82, 2.24) is 24.5 Å². The number of ketones is 3. The largest absolute Gasteiger partial charge is 0.507 e. The molecule has 10 aliphatic rings. The Morgan fingerprint density at radius 2 is 1.59 bits per heavy atom. The van der Waals surface area contributed by atoms with Crippen LogP contribution in [0.25, 0.3) is 10.9 Å². The number of aromatic nitrogens is 1. The first-order valence-electron chi connectivity index (χ1n) is 38.3. The van der Waals surface area contributed by atoms with Gasteiger partial charge < -0.3 is 89.0 Å². The lowest BCUT2D eigenvalue weighted by Crippen LogP contribution is -2.81. The lowest BCUT2D eigenvalue weighted by molar-refractivity contribution is -0.247. The standard InChI is InChI=1S/C46H56N4O10.C27H29NO11.C7H15Cl2N2O2P/c1-7-42(55)22-28-23-45(40(53)58-5,36-30(16-20-48(24-28)25-42)29-12-9-10-13-33(29)47-36)32-15-14-31-34(35(32)57-4)50(26-51)38-44(31)18-21-49-19-11-17-43(8-2,37(44)49)39(60-27(3)52)46(38,56)41(54)59-6;1-10-22(31)13(28)6-17(38-10)39-15-8-27(36,16(30)9-29)7-12-19(15)26(35)21-20(24(12)33)23(32)11-4-3-5-14(37-2)18(11)25(21)34;8-2-4-10-14(12)11(6-3-9)5-1-7-13-14/h9-15,17,26,28,37-39,47,55-56H,7-8,16,18-25H2,1-6H3;3-5,10,13,15,17,22,29,31,33,35-36H,6-9,28H2,1-2H3;1-7H2,(H,10,12)/t28-,37-,38+,39+,42-,43+,44+,45-,46-;10-,13-,15-,17-,22+,27-;/m00./s1. The number of amides is 1. The highest BCUT2D eigenvalue weighted by atomic mass is 35.5. The SMILES string of the molecule is CC[C@]1(O)C[C@@H]2CN(CCc3c([nH]c4ccccc34)[C@@](C(=O)OC)(c3ccc4c(c3OC)N(C=O)[C@H]3[C@@](O)(C(=O)OC)[C@H](OC(C)=O)[C@]5(CC)C=CCN6CC[C@]43[C@@H]65)C2)C1.COc1cccc2c1C(=O)c1c(O)c3c(c(O)c1C2=O)C[C@@](O)(C(=O)CO)C[C@@H]3O[C@H]1C[C@H](N)[C@H](O)[C@H](C)O1.O=P1(NCCCl)OCCCN1CCCl. The quantitative estimate of drug-likeness (QED) is 0.00978. The molecule has 3 aliphatic carbocycles. The number of alkyl halides is 2. The number of rotatable bonds is 18. The van der Waals surface area contributed by atoms with E-state index < -0.39 is 167 Å². The molecule has 4 saturated heterocycles. The van der Waals surface area contributed by atoms with Crippen molar-refractivity contribution in [2.45, 2.75) is 168 Å². The average Bonchev–Trinajstić information content (AvgIpc) is 1.48. The van der Waals surface area contributed by atoms with Crippen molar-refractivity contribution in [1.29, 1.82) is 0 Å². The zero-order valence-corrected chi connectivity index (χ0v) is 66.8. The molecule has 1 spiro atoms. The summed E-state index contributed by atoms with van der Waals surface area (Å²) in [4.78, 5) is 106. The molecule has 5 aromatic rings. The van der Waals surface area contributed by atoms with E-state index in [-0.39, 0.29) is 52.5 Å². The van der Waals surface area contributed by atoms with Crippen LogP contribution in [0, 0.1) is 11.3 Å². The fourth-order valence-electron chi connectivity index (χ4n) is 20.5. The van der Waals surface area contributed by atoms with E-state index in [0.29, 0.717) is 125 Å². The number of aromatic hydroxyl groups is 2. The van der Waals surface area contributed by atoms with E-state index >= 15 is 4.79 Å². The Kier molecular flexibility index (Phi) is 23.8. The molecule has 612 valence electrons. The first kappa shape index (κ1) is 83.5. The fourth-order valence-corrected chi connectivity index (χ4v) is 23.0. The summed E-state index contributed by atoms with van der Waals surface area (Å²) in [7, 11) is 2.53. The maximum absolute atomic E-state index is 15.2. The number of carbonyl (C=O) groups is 7. The molecular formula is C80H100Cl2N7O23P. The van der Waals surface area contributed by atoms with Gasteiger partial charge >= 0.3 is 25.6 Å². The van der Waals surface area contributed by atoms with Crippen molar-refractivity contribution in [2.75, 3.05) is 111 Å². The van der Waals surface area contributed by atoms with Gasteiger partial charge in [-0.05, 0) is 87.6 Å². The van der Waals surface area contributed by atoms with E-state index in [2.05, 4.69) is 19.9 Å². The van der Waals surface area contributed by atoms with Crippen molar-refractivity contribution in [2.24, 2.45) is 17.1 Å². The van der Waals surface area contributed by atoms with Crippen LogP contribution in [0.15, 0.2) is 66.7 Å². The number of halogens is 2. The number of methoxy groups -OCH3 is 4. The van der Waals surface area contributed by atoms with Crippen LogP contribution < -0.4 is 25.2 Å². The Morgan fingerprint density at radius 1 is 0.858 bits per heavy atom. The summed E-state index contributed by atoms with van der Waals surface area (Å²) in [5.41, 5.74) is -0.955. The second-order valence-electron chi connectivity index (χ2n) is 31.2. The first-order valence-corrected chi connectivity index (χ1v) is 40.9. The first-order chi connectivity index (χ1) is 53.9. The molecular weight excluding hydrogens is 1530 g/mol. The minimum Gasteiger partial charge on any atom is -0.507 e. The zero-order valence-electron chi connectivity index (χ0n) is 64.4. The predicted octanol–water partition coefficient (Wildman–Crippen LogP) is 5.40. The van der Waals surface area contributed by atoms with Gasteiger partial charge in [-0.15, -0.1) is 23.2 Å². The summed E-state index contributed by atoms with van der Waals surface area (Å²) in [5, 5.41) is 82.8. The molecule has 33 heteroatoms. The lowest BCUT2D eigenvalue weighted by atomic mass is 9.47. The predicted molar refractivity (Wildman–Crippen MR) is 412 cm³/mol. The molecule has 15 rings (SSSR count). The van der Waals surface area contributed by atoms with Gasteiger partial charge in [-0.2, -0.15) is 0 Å². The summed E-state index contributed by atoms with van der Waals surface area (Å²) >= 11 is 11.1. The molecule has 2 unspecified atom stereocenters. The molecule has 4 aromatic carbocycles. The number of esters is 3. The smallest absolute Gasteiger partial charge is 0.344 e. The van der Waals surface area contributed by atoms with E-state index in [4.69, 9.17) is 66.6 Å². The molecule has 1 amide bonds. The molecule has 5 fully saturated rings. The van der Waals surface area contributed by atoms with Crippen LogP contribution in [-0.2, 0) is 80.4 Å². The number of nitrogens with one attached hydrogen (secondary N) is 2. The number of anilines is 1. The van der Waals surface area contributed by atoms with Crippen LogP contribution in [0.3, 0.4) is 0 Å². The summed E-state index contributed by atoms with van der Waals surface area (Å²) in [5.74, 6) is -5.10. The van der Waals surface area contributed by atoms with Crippen molar-refractivity contribution in [3.05, 3.63) is 123 Å². The van der Waals surface area contributed by atoms with Crippen LogP contribution in [0.2, 0.25) is 0 Å². The number of hydrogen-bond acceptors (Lipinski definition) is 26. The molecule has 17 atom stereocenters. The lowest BCUT2D eigenvalue weighted by Gasteiger charge is -2.63. The van der Waals surface area contributed by atoms with Gasteiger partial charge in [0, 0.05) is 146 Å². The van der Waals surface area contributed by atoms with Gasteiger partial charge in [-0.1, -0.05) is 68.5 Å². The number of H-pyrrole nitrogens is 1. The van der Waals surface area contributed by atoms with Gasteiger partial charge in [0.1, 0.15) is 40.6 Å². The van der Waals surface area contributed by atoms with E-state index in [1.165, 1.54) is 58.5 Å². The van der Waals surface area contributed by atoms with Crippen LogP contribution in [-0.4, -0.2) is 262 Å². The summed E-state index contributed by atoms with van der Waals surface area (Å²) in [6.45, 7) is 11.1. The minimum atomic E-state index is -2.84. The van der Waals surface area contributed by atoms with Crippen LogP contribution in [0.4, 0.5) is 5.69 Å². The number of para-hydroxylation sites is 1. The third-order valence-corrected chi connectivity index (χ3v) is 27.9. The highest BCUT2D eigenvalue weighted by Gasteiger charge is 2.81. The summed E-state index contributed by atoms with van der Waals surface area (Å²) < 4.78 is 60.1. The van der Waals surface area contributed by atoms with E-state index in [0.717, 1.165) is 29.4 Å². The van der Waals surface area contributed by atoms with Gasteiger partial charge in [-0.3, -0.25) is 43.1 Å². The highest BCUT2D eigenvalue weighted by Crippen LogP contribution is 2.70. The zero-order chi connectivity index (χ0) is 81.4. The third kappa shape index (κ3) is 13.5. The van der Waals surface area contributed by atoms with E-state index in [9.17, 15) is 69.1 Å². The van der Waals surface area contributed by atoms with Gasteiger partial charge in [0.2, 0.25) is 17.8 Å². The molecule has 113 heavy (non-hydrogen) atoms. The number of nitrogens with zero attached hydrogens (tertiary/aromatic N) is 4. The molecule has 30 nitrogen and oxygen atoms in total. The molecule has 1 saturated carbocycles. The molecule has 7 aliphatic heterocycles. The monoisotopic (exact) mass is 1630 g/mol. The Hall–Kier alpha value is -7.46. The average molecular weight is 1630 g/mol. The Morgan fingerprint density at radius 3 is 2.26 bits per heavy atom. The van der Waals surface area contributed by atoms with E-state index in [1.807, 2.05) is 62.4 Å². The van der Waals surface area contributed by atoms with Crippen molar-refractivity contribution in [3.63, 3.8) is 0 Å². The number of benzene rings is 4. The van der Waals surface area contributed by atoms with Crippen LogP contribution in [0.1, 0.15) is 151 Å². The number of Topliss-reactive ketones (excluding diaryl/α,β-unsaturated/α-hetero) is 1. The van der Waals surface area contributed by atoms with E-state index in [1.54, 1.807) is 11.6 Å². The Bertz CT molecular complexity index is 4650. The number of aromatic amines is 1. The third-order valence-electron chi connectivity index (χ3n) is 25.3. The number of ether oxygens (including phenoxy) is 7. The number of fused-ring (bicyclic) bond motifs is 9. The molecule has 11 N–H and O–H groups in total. The highest BCUT2D eigenvalue weighted by molar-refractivity contribution is 7.54. The van der Waals surface area contributed by atoms with Crippen molar-refractivity contribution >= 4 is 89.1 Å². The van der Waals surface area contributed by atoms with Crippen LogP contribution >= 0.6 is 30.9 Å². The maximum atomic E-state index is 15.2. The Labute approximate surface area is 663 Å². The van der Waals surface area contributed by atoms with Gasteiger partial charge in [0.15, 0.2) is 24.0 Å². The topological polar surface area (TPSA) is 419 Å². The van der Waals surface area contributed by atoms with Crippen molar-refractivity contribution < 1.29 is 112 Å². The fraction of sp³-hybridized carbons (Fsp3) is 0.562. The minimum absolute atomic E-state index is 0.0173. The van der Waals surface area contributed by atoms with Crippen LogP contribution in [0.5, 0.6) is 23.0 Å². The molecule has 0 radical (unpaired) electrons. The number of nitrogens with two attached hydrogens (primary N) is 1. The summed E-state index contributed by atoms with van der Waals surface area (Å²) in [6, 6.07) is 13.7. The molecule has 1 aromatic heterocycles. The number of carbonyl (C=O) groups excluding carboxylic acids is 7. The summed E-state index contributed by atoms with van der Waals surface area (Å²) in [6.07, 6.45) is 1.56. The number of aliphatic hydroxyl groups is 5. The number of phenolic OH excluding ortho intramolecular Hbond substituents is 2. The Balaban J connectivity index is 0.000000179. The number of aliphatic hydroxyl groups excluding tert-OH is 2. The molecule has 2 bridgehead atoms. The van der Waals surface area contributed by atoms with Crippen molar-refractivity contribution in [3.8, 4) is 23.0 Å². The second kappa shape index (κ2) is 32.2. The molecule has 8 heterocycles. The number of hydrogen-bond donors (Lipinski definition) is 10. The number of phenols is 2. The van der Waals surface area contributed by atoms with Gasteiger partial charge in [-0.25, -0.2) is 14.6 Å².